The van der Waals surface area contributed by atoms with Gasteiger partial charge in [-0.1, -0.05) is 309 Å². The van der Waals surface area contributed by atoms with Crippen LogP contribution in [0.4, 0.5) is 0 Å². The van der Waals surface area contributed by atoms with Crippen molar-refractivity contribution in [1.29, 1.82) is 0 Å². The van der Waals surface area contributed by atoms with Gasteiger partial charge in [0.2, 0.25) is 0 Å². The molecule has 0 spiro atoms. The van der Waals surface area contributed by atoms with Crippen molar-refractivity contribution in [3.8, 4) is 0 Å². The third-order valence-corrected chi connectivity index (χ3v) is 19.0. The molecule has 0 heterocycles. The first-order valence-corrected chi connectivity index (χ1v) is 44.4. The molecule has 17 nitrogen and oxygen atoms in total. The highest BCUT2D eigenvalue weighted by Gasteiger charge is 2.30. The van der Waals surface area contributed by atoms with Crippen LogP contribution < -0.4 is 0 Å². The third-order valence-electron chi connectivity index (χ3n) is 17.1. The molecule has 0 fully saturated rings. The Balaban J connectivity index is 5.40. The van der Waals surface area contributed by atoms with Gasteiger partial charge in [0.15, 0.2) is 12.2 Å². The fourth-order valence-corrected chi connectivity index (χ4v) is 12.5. The van der Waals surface area contributed by atoms with Crippen molar-refractivity contribution in [2.75, 3.05) is 39.6 Å². The van der Waals surface area contributed by atoms with Crippen molar-refractivity contribution >= 4 is 39.5 Å². The molecule has 0 saturated carbocycles. The number of allylic oxidation sites excluding steroid dienone is 22. The van der Waals surface area contributed by atoms with E-state index in [0.717, 1.165) is 186 Å². The Morgan fingerprint density at radius 3 is 0.774 bits per heavy atom. The summed E-state index contributed by atoms with van der Waals surface area (Å²) in [6.45, 7) is 4.50. The van der Waals surface area contributed by atoms with Crippen molar-refractivity contribution in [2.45, 2.75) is 354 Å². The van der Waals surface area contributed by atoms with Gasteiger partial charge in [0.1, 0.15) is 19.3 Å². The van der Waals surface area contributed by atoms with Gasteiger partial charge in [-0.25, -0.2) is 9.13 Å². The molecule has 3 N–H and O–H groups in total. The molecule has 5 atom stereocenters. The Kier molecular flexibility index (Phi) is 74.8. The van der Waals surface area contributed by atoms with Gasteiger partial charge in [-0.05, 0) is 135 Å². The minimum Gasteiger partial charge on any atom is -0.462 e. The molecule has 0 aliphatic heterocycles. The maximum atomic E-state index is 13.1. The number of unbranched alkanes of at least 4 members (excludes halogenated alkanes) is 29. The Labute approximate surface area is 644 Å². The first-order valence-electron chi connectivity index (χ1n) is 41.4. The predicted octanol–water partition coefficient (Wildman–Crippen LogP) is 24.4. The molecule has 0 radical (unpaired) electrons. The molecular formula is C87H148O17P2. The number of carbonyl (C=O) groups is 4. The zero-order valence-electron chi connectivity index (χ0n) is 66.6. The number of phosphoric acid groups is 2. The normalized spacial score (nSPS) is 14.5. The monoisotopic (exact) mass is 1530 g/mol. The molecule has 5 unspecified atom stereocenters. The van der Waals surface area contributed by atoms with Gasteiger partial charge in [-0.2, -0.15) is 0 Å². The molecule has 106 heavy (non-hydrogen) atoms. The van der Waals surface area contributed by atoms with Crippen LogP contribution in [0.15, 0.2) is 134 Å². The van der Waals surface area contributed by atoms with Gasteiger partial charge >= 0.3 is 39.5 Å². The summed E-state index contributed by atoms with van der Waals surface area (Å²) >= 11 is 0. The fraction of sp³-hybridized carbons (Fsp3) is 0.701. The molecule has 0 aromatic heterocycles. The lowest BCUT2D eigenvalue weighted by molar-refractivity contribution is -0.161. The lowest BCUT2D eigenvalue weighted by atomic mass is 10.0. The molecule has 0 saturated heterocycles. The number of hydrogen-bond donors (Lipinski definition) is 3. The van der Waals surface area contributed by atoms with E-state index in [9.17, 15) is 43.2 Å². The summed E-state index contributed by atoms with van der Waals surface area (Å²) in [5.74, 6) is -2.24. The molecule has 0 aliphatic rings. The molecular weight excluding hydrogens is 1380 g/mol. The molecule has 0 aliphatic carbocycles. The largest absolute Gasteiger partial charge is 0.472 e. The second-order valence-corrected chi connectivity index (χ2v) is 30.2. The SMILES string of the molecule is CC/C=C\C/C=C\C/C=C\C/C=C\CCCCCCCCC(=O)OCC(COP(=O)(O)OCC(O)COP(=O)(O)OCC(COC(=O)CCCCCCCCC/C=C\C/C=C\C/C=C\CC)OC(=O)CCCC/C=C\C/C=C\C/C=C\C/C=C\CC)OC(=O)CCCCCCCCCCCCCCCCC. The van der Waals surface area contributed by atoms with E-state index in [1.165, 1.54) is 64.2 Å². The smallest absolute Gasteiger partial charge is 0.462 e. The molecule has 0 aromatic carbocycles. The topological polar surface area (TPSA) is 237 Å². The average Bonchev–Trinajstić information content (AvgIpc) is 0.909. The van der Waals surface area contributed by atoms with Gasteiger partial charge < -0.3 is 33.8 Å². The van der Waals surface area contributed by atoms with Crippen LogP contribution in [0.5, 0.6) is 0 Å². The predicted molar refractivity (Wildman–Crippen MR) is 436 cm³/mol. The van der Waals surface area contributed by atoms with Crippen LogP contribution in [-0.4, -0.2) is 96.7 Å². The maximum Gasteiger partial charge on any atom is 0.472 e. The van der Waals surface area contributed by atoms with E-state index in [1.807, 2.05) is 0 Å². The summed E-state index contributed by atoms with van der Waals surface area (Å²) in [7, 11) is -9.98. The van der Waals surface area contributed by atoms with Crippen LogP contribution in [0.2, 0.25) is 0 Å². The summed E-state index contributed by atoms with van der Waals surface area (Å²) in [6, 6.07) is 0. The number of carbonyl (C=O) groups excluding carboxylic acids is 4. The molecule has 0 bridgehead atoms. The van der Waals surface area contributed by atoms with Gasteiger partial charge in [0.05, 0.1) is 26.4 Å². The Morgan fingerprint density at radius 2 is 0.491 bits per heavy atom. The van der Waals surface area contributed by atoms with Crippen LogP contribution in [0.25, 0.3) is 0 Å². The summed E-state index contributed by atoms with van der Waals surface area (Å²) in [4.78, 5) is 73.2. The van der Waals surface area contributed by atoms with Gasteiger partial charge in [-0.3, -0.25) is 37.3 Å². The fourth-order valence-electron chi connectivity index (χ4n) is 10.9. The minimum atomic E-state index is -5.00. The van der Waals surface area contributed by atoms with Crippen LogP contribution >= 0.6 is 15.6 Å². The van der Waals surface area contributed by atoms with Crippen LogP contribution in [0.3, 0.4) is 0 Å². The molecule has 19 heteroatoms. The highest BCUT2D eigenvalue weighted by Crippen LogP contribution is 2.45. The second-order valence-electron chi connectivity index (χ2n) is 27.3. The van der Waals surface area contributed by atoms with E-state index in [2.05, 4.69) is 161 Å². The Bertz CT molecular complexity index is 2530. The highest BCUT2D eigenvalue weighted by atomic mass is 31.2. The van der Waals surface area contributed by atoms with Crippen molar-refractivity contribution in [3.63, 3.8) is 0 Å². The van der Waals surface area contributed by atoms with E-state index in [1.54, 1.807) is 0 Å². The standard InChI is InChI=1S/C87H148O17P2/c1-5-9-13-17-21-25-29-33-37-39-40-42-46-48-52-56-60-64-68-72-85(90)98-78-83(104-87(92)74-70-66-62-58-54-50-44-36-32-28-24-20-16-12-8-4)80-102-106(95,96)100-76-81(88)75-99-105(93,94)101-79-82(103-86(91)73-69-65-61-57-53-49-43-35-31-27-23-19-15-11-7-3)77-97-84(89)71-67-63-59-55-51-47-45-41-38-34-30-26-22-18-14-10-6-2/h9-11,13-15,21-23,25-27,33-35,37-38,40,42-43,53,57,81-83,88H,5-8,12,16-20,24,28-32,36,39,41,44-52,54-56,58-80H2,1-4H3,(H,93,94)(H,95,96)/b13-9-,14-10-,15-11-,25-21-,26-22-,27-23-,37-33-,38-34-,42-40-,43-35-,57-53-. The van der Waals surface area contributed by atoms with Gasteiger partial charge in [0.25, 0.3) is 0 Å². The van der Waals surface area contributed by atoms with E-state index in [0.29, 0.717) is 32.1 Å². The molecule has 0 rings (SSSR count). The molecule has 608 valence electrons. The van der Waals surface area contributed by atoms with E-state index < -0.39 is 97.5 Å². The maximum absolute atomic E-state index is 13.1. The van der Waals surface area contributed by atoms with E-state index >= 15 is 0 Å². The zero-order chi connectivity index (χ0) is 77.4. The lowest BCUT2D eigenvalue weighted by Crippen LogP contribution is -2.30. The van der Waals surface area contributed by atoms with Crippen LogP contribution in [-0.2, 0) is 65.4 Å². The number of esters is 4. The lowest BCUT2D eigenvalue weighted by Gasteiger charge is -2.21. The highest BCUT2D eigenvalue weighted by molar-refractivity contribution is 7.47. The van der Waals surface area contributed by atoms with Crippen LogP contribution in [0.1, 0.15) is 336 Å². The van der Waals surface area contributed by atoms with Crippen LogP contribution in [0, 0.1) is 0 Å². The van der Waals surface area contributed by atoms with Gasteiger partial charge in [0, 0.05) is 25.7 Å². The van der Waals surface area contributed by atoms with E-state index in [4.69, 9.17) is 37.0 Å². The van der Waals surface area contributed by atoms with Crippen molar-refractivity contribution in [3.05, 3.63) is 134 Å². The number of ether oxygens (including phenoxy) is 4. The number of aliphatic hydroxyl groups excluding tert-OH is 1. The molecule has 0 amide bonds. The summed E-state index contributed by atoms with van der Waals surface area (Å²) in [5, 5.41) is 10.7. The Morgan fingerprint density at radius 1 is 0.274 bits per heavy atom. The van der Waals surface area contributed by atoms with Gasteiger partial charge in [-0.15, -0.1) is 0 Å². The number of hydrogen-bond acceptors (Lipinski definition) is 15. The van der Waals surface area contributed by atoms with Crippen molar-refractivity contribution in [1.82, 2.24) is 0 Å². The number of aliphatic hydroxyl groups is 1. The van der Waals surface area contributed by atoms with Crippen molar-refractivity contribution in [2.24, 2.45) is 0 Å². The minimum absolute atomic E-state index is 0.0380. The Hall–Kier alpha value is -4.80. The first kappa shape index (κ1) is 101. The number of rotatable bonds is 77. The number of phosphoric ester groups is 2. The molecule has 0 aromatic rings. The quantitative estimate of drug-likeness (QED) is 0.0169. The first-order chi connectivity index (χ1) is 51.7. The summed E-state index contributed by atoms with van der Waals surface area (Å²) in [6.07, 6.45) is 88.5. The zero-order valence-corrected chi connectivity index (χ0v) is 68.4. The second kappa shape index (κ2) is 78.3. The summed E-state index contributed by atoms with van der Waals surface area (Å²) in [5.41, 5.74) is 0. The third kappa shape index (κ3) is 77.4. The summed E-state index contributed by atoms with van der Waals surface area (Å²) < 4.78 is 68.7. The van der Waals surface area contributed by atoms with Crippen molar-refractivity contribution < 1.29 is 80.2 Å². The average molecular weight is 1530 g/mol. The van der Waals surface area contributed by atoms with E-state index in [-0.39, 0.29) is 25.7 Å².